The third kappa shape index (κ3) is 3.45. The van der Waals surface area contributed by atoms with Crippen LogP contribution < -0.4 is 10.6 Å². The summed E-state index contributed by atoms with van der Waals surface area (Å²) in [4.78, 5) is 8.93. The Morgan fingerprint density at radius 3 is 2.53 bits per heavy atom. The number of hydrogen-bond acceptors (Lipinski definition) is 4. The molecule has 1 aromatic heterocycles. The van der Waals surface area contributed by atoms with Crippen LogP contribution in [-0.2, 0) is 0 Å². The van der Waals surface area contributed by atoms with E-state index in [2.05, 4.69) is 25.9 Å². The molecule has 0 saturated heterocycles. The summed E-state index contributed by atoms with van der Waals surface area (Å²) >= 11 is 3.09. The van der Waals surface area contributed by atoms with Crippen LogP contribution in [0.25, 0.3) is 0 Å². The van der Waals surface area contributed by atoms with Crippen molar-refractivity contribution < 1.29 is 13.2 Å². The van der Waals surface area contributed by atoms with E-state index in [0.717, 1.165) is 17.7 Å². The van der Waals surface area contributed by atoms with Crippen molar-refractivity contribution >= 4 is 27.7 Å². The molecule has 1 aliphatic carbocycles. The molecule has 1 saturated carbocycles. The van der Waals surface area contributed by atoms with Gasteiger partial charge in [-0.15, -0.1) is 0 Å². The quantitative estimate of drug-likeness (QED) is 0.871. The predicted octanol–water partition coefficient (Wildman–Crippen LogP) is 2.35. The summed E-state index contributed by atoms with van der Waals surface area (Å²) < 4.78 is 37.7. The molecule has 0 bridgehead atoms. The molecule has 0 atom stereocenters. The Hall–Kier alpha value is -1.05. The highest BCUT2D eigenvalue weighted by molar-refractivity contribution is 9.10. The zero-order valence-electron chi connectivity index (χ0n) is 8.71. The molecule has 2 N–H and O–H groups in total. The molecule has 17 heavy (non-hydrogen) atoms. The monoisotopic (exact) mass is 310 g/mol. The maximum absolute atomic E-state index is 12.4. The van der Waals surface area contributed by atoms with Gasteiger partial charge in [0.05, 0.1) is 0 Å². The van der Waals surface area contributed by atoms with Gasteiger partial charge in [0.25, 0.3) is 0 Å². The average Bonchev–Trinajstić information content (AvgIpc) is 2.94. The standard InChI is InChI=1S/C9H10BrF3N4/c10-6-3-7(14)16-8(15-6)17(5-1-2-5)4-9(11,12)13/h3,5H,1-2,4H2,(H2,14,15,16). The van der Waals surface area contributed by atoms with E-state index < -0.39 is 12.7 Å². The van der Waals surface area contributed by atoms with Gasteiger partial charge in [0.15, 0.2) is 0 Å². The molecular weight excluding hydrogens is 301 g/mol. The van der Waals surface area contributed by atoms with Gasteiger partial charge in [-0.1, -0.05) is 0 Å². The number of nitrogen functional groups attached to an aromatic ring is 1. The Morgan fingerprint density at radius 1 is 1.41 bits per heavy atom. The Labute approximate surface area is 104 Å². The van der Waals surface area contributed by atoms with Gasteiger partial charge in [-0.25, -0.2) is 4.98 Å². The Morgan fingerprint density at radius 2 is 2.06 bits per heavy atom. The van der Waals surface area contributed by atoms with Gasteiger partial charge < -0.3 is 10.6 Å². The Balaban J connectivity index is 2.26. The van der Waals surface area contributed by atoms with Crippen LogP contribution in [0.4, 0.5) is 24.9 Å². The third-order valence-corrected chi connectivity index (χ3v) is 2.70. The minimum absolute atomic E-state index is 0.0247. The molecule has 1 fully saturated rings. The summed E-state index contributed by atoms with van der Waals surface area (Å²) in [5.41, 5.74) is 5.49. The number of hydrogen-bond donors (Lipinski definition) is 1. The maximum atomic E-state index is 12.4. The van der Waals surface area contributed by atoms with E-state index in [1.54, 1.807) is 0 Å². The lowest BCUT2D eigenvalue weighted by Crippen LogP contribution is -2.37. The van der Waals surface area contributed by atoms with Crippen LogP contribution in [0, 0.1) is 0 Å². The first-order valence-corrected chi connectivity index (χ1v) is 5.78. The van der Waals surface area contributed by atoms with Gasteiger partial charge in [-0.3, -0.25) is 0 Å². The highest BCUT2D eigenvalue weighted by Crippen LogP contribution is 2.33. The van der Waals surface area contributed by atoms with Crippen molar-refractivity contribution in [3.63, 3.8) is 0 Å². The molecule has 1 heterocycles. The lowest BCUT2D eigenvalue weighted by atomic mass is 10.4. The second kappa shape index (κ2) is 4.32. The van der Waals surface area contributed by atoms with E-state index in [0.29, 0.717) is 4.60 Å². The largest absolute Gasteiger partial charge is 0.406 e. The lowest BCUT2D eigenvalue weighted by molar-refractivity contribution is -0.120. The van der Waals surface area contributed by atoms with E-state index in [9.17, 15) is 13.2 Å². The SMILES string of the molecule is Nc1cc(Br)nc(N(CC(F)(F)F)C2CC2)n1. The first-order chi connectivity index (χ1) is 7.85. The molecule has 0 unspecified atom stereocenters. The highest BCUT2D eigenvalue weighted by Gasteiger charge is 2.39. The van der Waals surface area contributed by atoms with Crippen molar-refractivity contribution in [2.75, 3.05) is 17.2 Å². The molecule has 4 nitrogen and oxygen atoms in total. The molecule has 0 radical (unpaired) electrons. The smallest absolute Gasteiger partial charge is 0.383 e. The third-order valence-electron chi connectivity index (χ3n) is 2.30. The number of nitrogens with two attached hydrogens (primary N) is 1. The molecule has 1 aromatic rings. The van der Waals surface area contributed by atoms with Crippen molar-refractivity contribution in [2.45, 2.75) is 25.1 Å². The molecular formula is C9H10BrF3N4. The van der Waals surface area contributed by atoms with Gasteiger partial charge in [-0.05, 0) is 28.8 Å². The summed E-state index contributed by atoms with van der Waals surface area (Å²) in [6, 6.07) is 1.31. The topological polar surface area (TPSA) is 55.0 Å². The second-order valence-corrected chi connectivity index (χ2v) is 4.70. The van der Waals surface area contributed by atoms with Crippen LogP contribution >= 0.6 is 15.9 Å². The summed E-state index contributed by atoms with van der Waals surface area (Å²) in [7, 11) is 0. The van der Waals surface area contributed by atoms with Crippen molar-refractivity contribution in [3.05, 3.63) is 10.7 Å². The molecule has 0 aliphatic heterocycles. The molecule has 0 aromatic carbocycles. The fraction of sp³-hybridized carbons (Fsp3) is 0.556. The van der Waals surface area contributed by atoms with E-state index in [4.69, 9.17) is 5.73 Å². The van der Waals surface area contributed by atoms with E-state index in [1.165, 1.54) is 6.07 Å². The number of alkyl halides is 3. The normalized spacial score (nSPS) is 16.0. The number of anilines is 2. The Bertz CT molecular complexity index is 399. The van der Waals surface area contributed by atoms with Crippen molar-refractivity contribution in [1.82, 2.24) is 9.97 Å². The molecule has 0 amide bonds. The maximum Gasteiger partial charge on any atom is 0.406 e. The van der Waals surface area contributed by atoms with Crippen LogP contribution in [0.15, 0.2) is 10.7 Å². The number of aromatic nitrogens is 2. The number of rotatable bonds is 3. The van der Waals surface area contributed by atoms with Crippen LogP contribution in [-0.4, -0.2) is 28.7 Å². The number of halogens is 4. The minimum atomic E-state index is -4.27. The lowest BCUT2D eigenvalue weighted by Gasteiger charge is -2.23. The van der Waals surface area contributed by atoms with Gasteiger partial charge in [0, 0.05) is 12.1 Å². The molecule has 94 valence electrons. The van der Waals surface area contributed by atoms with E-state index in [-0.39, 0.29) is 17.8 Å². The van der Waals surface area contributed by atoms with Crippen molar-refractivity contribution in [1.29, 1.82) is 0 Å². The van der Waals surface area contributed by atoms with E-state index >= 15 is 0 Å². The summed E-state index contributed by atoms with van der Waals surface area (Å²) in [6.45, 7) is -1.05. The minimum Gasteiger partial charge on any atom is -0.383 e. The van der Waals surface area contributed by atoms with Crippen LogP contribution in [0.5, 0.6) is 0 Å². The van der Waals surface area contributed by atoms with Crippen LogP contribution in [0.3, 0.4) is 0 Å². The highest BCUT2D eigenvalue weighted by atomic mass is 79.9. The van der Waals surface area contributed by atoms with Gasteiger partial charge in [-0.2, -0.15) is 18.2 Å². The zero-order valence-corrected chi connectivity index (χ0v) is 10.3. The van der Waals surface area contributed by atoms with Crippen LogP contribution in [0.1, 0.15) is 12.8 Å². The molecule has 0 spiro atoms. The first kappa shape index (κ1) is 12.4. The molecule has 8 heteroatoms. The van der Waals surface area contributed by atoms with Crippen molar-refractivity contribution in [3.8, 4) is 0 Å². The molecule has 2 rings (SSSR count). The zero-order chi connectivity index (χ0) is 12.6. The second-order valence-electron chi connectivity index (χ2n) is 3.89. The number of nitrogens with zero attached hydrogens (tertiary/aromatic N) is 3. The van der Waals surface area contributed by atoms with Gasteiger partial charge >= 0.3 is 6.18 Å². The predicted molar refractivity (Wildman–Crippen MR) is 60.6 cm³/mol. The van der Waals surface area contributed by atoms with Gasteiger partial charge in [0.2, 0.25) is 5.95 Å². The van der Waals surface area contributed by atoms with Crippen molar-refractivity contribution in [2.24, 2.45) is 0 Å². The average molecular weight is 311 g/mol. The van der Waals surface area contributed by atoms with Crippen LogP contribution in [0.2, 0.25) is 0 Å². The van der Waals surface area contributed by atoms with Gasteiger partial charge in [0.1, 0.15) is 17.0 Å². The van der Waals surface area contributed by atoms with E-state index in [1.807, 2.05) is 0 Å². The molecule has 1 aliphatic rings. The Kier molecular flexibility index (Phi) is 3.15. The summed E-state index contributed by atoms with van der Waals surface area (Å²) in [5.74, 6) is 0.173. The fourth-order valence-electron chi connectivity index (χ4n) is 1.49. The first-order valence-electron chi connectivity index (χ1n) is 4.98. The fourth-order valence-corrected chi connectivity index (χ4v) is 1.89. The summed E-state index contributed by atoms with van der Waals surface area (Å²) in [5, 5.41) is 0. The summed E-state index contributed by atoms with van der Waals surface area (Å²) in [6.07, 6.45) is -2.82.